The Morgan fingerprint density at radius 3 is 2.22 bits per heavy atom. The van der Waals surface area contributed by atoms with Crippen LogP contribution in [0.15, 0.2) is 23.8 Å². The van der Waals surface area contributed by atoms with Crippen molar-refractivity contribution >= 4 is 11.8 Å². The molecule has 0 aromatic carbocycles. The fourth-order valence-corrected chi connectivity index (χ4v) is 2.58. The van der Waals surface area contributed by atoms with Crippen molar-refractivity contribution in [2.45, 2.75) is 79.1 Å². The van der Waals surface area contributed by atoms with Crippen LogP contribution in [0.1, 0.15) is 79.1 Å². The number of carbonyl (C=O) groups excluding carboxylic acids is 1. The molecule has 3 nitrogen and oxygen atoms in total. The molecule has 0 saturated carbocycles. The number of Topliss-reactive ketones (excluding diaryl/α,β-unsaturated/α-hetero) is 1. The van der Waals surface area contributed by atoms with Crippen LogP contribution in [0, 0.1) is 11.8 Å². The highest BCUT2D eigenvalue weighted by molar-refractivity contribution is 5.94. The van der Waals surface area contributed by atoms with Crippen LogP contribution in [0.5, 0.6) is 0 Å². The number of ketones is 1. The topological polar surface area (TPSA) is 54.4 Å². The normalized spacial score (nSPS) is 14.3. The zero-order valence-electron chi connectivity index (χ0n) is 15.4. The van der Waals surface area contributed by atoms with Gasteiger partial charge in [0.2, 0.25) is 0 Å². The molecule has 0 radical (unpaired) electrons. The van der Waals surface area contributed by atoms with Crippen molar-refractivity contribution in [3.63, 3.8) is 0 Å². The van der Waals surface area contributed by atoms with Crippen molar-refractivity contribution in [1.29, 1.82) is 0 Å². The van der Waals surface area contributed by atoms with E-state index in [-0.39, 0.29) is 18.1 Å². The van der Waals surface area contributed by atoms with Crippen molar-refractivity contribution in [2.24, 2.45) is 11.8 Å². The summed E-state index contributed by atoms with van der Waals surface area (Å²) in [6.07, 6.45) is 8.87. The van der Waals surface area contributed by atoms with Crippen LogP contribution in [-0.2, 0) is 9.59 Å². The molecule has 3 heteroatoms. The number of hydrogen-bond donors (Lipinski definition) is 1. The summed E-state index contributed by atoms with van der Waals surface area (Å²) < 4.78 is 0. The fourth-order valence-electron chi connectivity index (χ4n) is 2.58. The maximum Gasteiger partial charge on any atom is 0.303 e. The lowest BCUT2D eigenvalue weighted by Gasteiger charge is -2.12. The molecule has 0 rings (SSSR count). The lowest BCUT2D eigenvalue weighted by Crippen LogP contribution is -2.05. The Balaban J connectivity index is 3.89. The van der Waals surface area contributed by atoms with Gasteiger partial charge in [-0.3, -0.25) is 9.59 Å². The number of rotatable bonds is 13. The Morgan fingerprint density at radius 2 is 1.65 bits per heavy atom. The average molecular weight is 322 g/mol. The first kappa shape index (κ1) is 21.6. The largest absolute Gasteiger partial charge is 0.481 e. The number of carboxylic acid groups (broad SMARTS) is 1. The smallest absolute Gasteiger partial charge is 0.303 e. The highest BCUT2D eigenvalue weighted by atomic mass is 16.4. The van der Waals surface area contributed by atoms with Gasteiger partial charge in [0.05, 0.1) is 0 Å². The van der Waals surface area contributed by atoms with Gasteiger partial charge in [-0.15, -0.1) is 6.58 Å². The summed E-state index contributed by atoms with van der Waals surface area (Å²) >= 11 is 0. The van der Waals surface area contributed by atoms with Crippen molar-refractivity contribution < 1.29 is 14.7 Å². The molecule has 132 valence electrons. The van der Waals surface area contributed by atoms with Crippen LogP contribution in [0.3, 0.4) is 0 Å². The molecule has 0 aromatic heterocycles. The average Bonchev–Trinajstić information content (AvgIpc) is 2.43. The number of carboxylic acids is 1. The molecular weight excluding hydrogens is 288 g/mol. The standard InChI is InChI=1S/C20H34O3/c1-15(2)12-13-19(21)18(5)11-7-9-16(3)8-6-10-17(4)14-20(22)23/h11,16-17H,1,6-10,12-14H2,2-5H3,(H,22,23)/b18-11-/t16-,17+/m0/s1. The Morgan fingerprint density at radius 1 is 1.04 bits per heavy atom. The van der Waals surface area contributed by atoms with E-state index in [1.165, 1.54) is 0 Å². The van der Waals surface area contributed by atoms with E-state index < -0.39 is 5.97 Å². The second-order valence-corrected chi connectivity index (χ2v) is 7.08. The minimum atomic E-state index is -0.706. The first-order chi connectivity index (χ1) is 10.7. The van der Waals surface area contributed by atoms with Crippen LogP contribution in [0.2, 0.25) is 0 Å². The van der Waals surface area contributed by atoms with Crippen LogP contribution in [-0.4, -0.2) is 16.9 Å². The molecule has 0 heterocycles. The van der Waals surface area contributed by atoms with Gasteiger partial charge in [0.15, 0.2) is 5.78 Å². The third-order valence-electron chi connectivity index (χ3n) is 4.25. The summed E-state index contributed by atoms with van der Waals surface area (Å²) in [4.78, 5) is 22.5. The van der Waals surface area contributed by atoms with Gasteiger partial charge >= 0.3 is 5.97 Å². The molecule has 2 atom stereocenters. The van der Waals surface area contributed by atoms with E-state index in [1.807, 2.05) is 20.8 Å². The van der Waals surface area contributed by atoms with Gasteiger partial charge in [-0.2, -0.15) is 0 Å². The predicted octanol–water partition coefficient (Wildman–Crippen LogP) is 5.56. The molecule has 1 N–H and O–H groups in total. The summed E-state index contributed by atoms with van der Waals surface area (Å²) in [6, 6.07) is 0. The molecule has 0 spiro atoms. The van der Waals surface area contributed by atoms with E-state index in [0.29, 0.717) is 12.3 Å². The van der Waals surface area contributed by atoms with Gasteiger partial charge in [0.25, 0.3) is 0 Å². The maximum absolute atomic E-state index is 11.9. The molecule has 0 amide bonds. The molecule has 0 aliphatic heterocycles. The Hall–Kier alpha value is -1.38. The zero-order valence-corrected chi connectivity index (χ0v) is 15.4. The van der Waals surface area contributed by atoms with Crippen molar-refractivity contribution in [3.8, 4) is 0 Å². The fraction of sp³-hybridized carbons (Fsp3) is 0.700. The first-order valence-corrected chi connectivity index (χ1v) is 8.78. The quantitative estimate of drug-likeness (QED) is 0.357. The lowest BCUT2D eigenvalue weighted by atomic mass is 9.93. The first-order valence-electron chi connectivity index (χ1n) is 8.78. The van der Waals surface area contributed by atoms with Crippen LogP contribution in [0.25, 0.3) is 0 Å². The van der Waals surface area contributed by atoms with E-state index in [1.54, 1.807) is 0 Å². The molecule has 23 heavy (non-hydrogen) atoms. The summed E-state index contributed by atoms with van der Waals surface area (Å²) in [5, 5.41) is 8.74. The Kier molecular flexibility index (Phi) is 11.4. The van der Waals surface area contributed by atoms with Crippen molar-refractivity contribution in [3.05, 3.63) is 23.8 Å². The molecule has 0 fully saturated rings. The SMILES string of the molecule is C=C(C)CCC(=O)/C(C)=C\CC[C@@H](C)CCC[C@@H](C)CC(=O)O. The zero-order chi connectivity index (χ0) is 17.8. The van der Waals surface area contributed by atoms with Gasteiger partial charge in [-0.1, -0.05) is 44.8 Å². The Bertz CT molecular complexity index is 421. The molecule has 0 saturated heterocycles. The highest BCUT2D eigenvalue weighted by Crippen LogP contribution is 2.19. The van der Waals surface area contributed by atoms with Crippen LogP contribution < -0.4 is 0 Å². The van der Waals surface area contributed by atoms with Gasteiger partial charge in [-0.25, -0.2) is 0 Å². The minimum absolute atomic E-state index is 0.225. The molecule has 0 unspecified atom stereocenters. The number of hydrogen-bond acceptors (Lipinski definition) is 2. The van der Waals surface area contributed by atoms with E-state index in [9.17, 15) is 9.59 Å². The summed E-state index contributed by atoms with van der Waals surface area (Å²) in [7, 11) is 0. The minimum Gasteiger partial charge on any atom is -0.481 e. The van der Waals surface area contributed by atoms with E-state index in [0.717, 1.165) is 49.7 Å². The van der Waals surface area contributed by atoms with E-state index in [2.05, 4.69) is 19.6 Å². The molecule has 0 aliphatic rings. The summed E-state index contributed by atoms with van der Waals surface area (Å²) in [5.74, 6) is 0.389. The predicted molar refractivity (Wildman–Crippen MR) is 96.5 cm³/mol. The van der Waals surface area contributed by atoms with Crippen molar-refractivity contribution in [2.75, 3.05) is 0 Å². The molecular formula is C20H34O3. The monoisotopic (exact) mass is 322 g/mol. The van der Waals surface area contributed by atoms with E-state index in [4.69, 9.17) is 5.11 Å². The third-order valence-corrected chi connectivity index (χ3v) is 4.25. The lowest BCUT2D eigenvalue weighted by molar-refractivity contribution is -0.138. The number of aliphatic carboxylic acids is 1. The van der Waals surface area contributed by atoms with Gasteiger partial charge in [0, 0.05) is 12.8 Å². The van der Waals surface area contributed by atoms with Gasteiger partial charge < -0.3 is 5.11 Å². The Labute approximate surface area is 141 Å². The highest BCUT2D eigenvalue weighted by Gasteiger charge is 2.09. The molecule has 0 aliphatic carbocycles. The second-order valence-electron chi connectivity index (χ2n) is 7.08. The maximum atomic E-state index is 11.9. The molecule has 0 bridgehead atoms. The summed E-state index contributed by atoms with van der Waals surface area (Å²) in [6.45, 7) is 11.9. The van der Waals surface area contributed by atoms with Crippen LogP contribution >= 0.6 is 0 Å². The van der Waals surface area contributed by atoms with Gasteiger partial charge in [-0.05, 0) is 50.5 Å². The summed E-state index contributed by atoms with van der Waals surface area (Å²) in [5.41, 5.74) is 1.92. The third kappa shape index (κ3) is 12.8. The molecule has 0 aromatic rings. The van der Waals surface area contributed by atoms with Gasteiger partial charge in [0.1, 0.15) is 0 Å². The van der Waals surface area contributed by atoms with Crippen LogP contribution in [0.4, 0.5) is 0 Å². The van der Waals surface area contributed by atoms with Crippen molar-refractivity contribution in [1.82, 2.24) is 0 Å². The van der Waals surface area contributed by atoms with E-state index >= 15 is 0 Å². The second kappa shape index (κ2) is 12.1. The number of allylic oxidation sites excluding steroid dienone is 3. The number of carbonyl (C=O) groups is 2.